The maximum absolute atomic E-state index is 6.21. The van der Waals surface area contributed by atoms with Gasteiger partial charge in [0.1, 0.15) is 28.8 Å². The summed E-state index contributed by atoms with van der Waals surface area (Å²) in [7, 11) is 3.22. The standard InChI is InChI=1S/C16H19N3O2/c1-5-9-19-14(6-2)18-15(16(19)17)12-8-7-11(20-3)10-13(12)21-4/h1,7-8,10H,6,9,17H2,2-4H3. The van der Waals surface area contributed by atoms with Crippen LogP contribution in [0, 0.1) is 12.3 Å². The van der Waals surface area contributed by atoms with Crippen LogP contribution in [-0.4, -0.2) is 23.8 Å². The van der Waals surface area contributed by atoms with Gasteiger partial charge in [-0.3, -0.25) is 0 Å². The average molecular weight is 285 g/mol. The molecular weight excluding hydrogens is 266 g/mol. The Morgan fingerprint density at radius 1 is 1.33 bits per heavy atom. The summed E-state index contributed by atoms with van der Waals surface area (Å²) in [6, 6.07) is 5.54. The number of aryl methyl sites for hydroxylation is 1. The predicted molar refractivity (Wildman–Crippen MR) is 83.4 cm³/mol. The second-order valence-electron chi connectivity index (χ2n) is 4.47. The number of imidazole rings is 1. The Labute approximate surface area is 124 Å². The molecular formula is C16H19N3O2. The van der Waals surface area contributed by atoms with Crippen molar-refractivity contribution in [3.8, 4) is 35.1 Å². The van der Waals surface area contributed by atoms with E-state index in [1.54, 1.807) is 20.3 Å². The van der Waals surface area contributed by atoms with Gasteiger partial charge in [0.25, 0.3) is 0 Å². The highest BCUT2D eigenvalue weighted by Gasteiger charge is 2.18. The van der Waals surface area contributed by atoms with Crippen molar-refractivity contribution in [1.82, 2.24) is 9.55 Å². The van der Waals surface area contributed by atoms with Crippen molar-refractivity contribution in [2.75, 3.05) is 20.0 Å². The van der Waals surface area contributed by atoms with Gasteiger partial charge in [0.15, 0.2) is 0 Å². The highest BCUT2D eigenvalue weighted by molar-refractivity contribution is 5.77. The second kappa shape index (κ2) is 6.23. The van der Waals surface area contributed by atoms with Crippen LogP contribution < -0.4 is 15.2 Å². The molecule has 0 spiro atoms. The number of nitrogens with two attached hydrogens (primary N) is 1. The first-order valence-electron chi connectivity index (χ1n) is 6.66. The van der Waals surface area contributed by atoms with Gasteiger partial charge in [-0.25, -0.2) is 4.98 Å². The van der Waals surface area contributed by atoms with E-state index in [4.69, 9.17) is 21.6 Å². The van der Waals surface area contributed by atoms with Gasteiger partial charge < -0.3 is 19.8 Å². The maximum Gasteiger partial charge on any atom is 0.132 e. The fourth-order valence-corrected chi connectivity index (χ4v) is 2.24. The van der Waals surface area contributed by atoms with Crippen LogP contribution >= 0.6 is 0 Å². The van der Waals surface area contributed by atoms with E-state index in [2.05, 4.69) is 10.9 Å². The molecule has 0 atom stereocenters. The van der Waals surface area contributed by atoms with Crippen molar-refractivity contribution in [2.45, 2.75) is 19.9 Å². The number of rotatable bonds is 5. The molecule has 0 fully saturated rings. The Morgan fingerprint density at radius 2 is 2.10 bits per heavy atom. The SMILES string of the molecule is C#CCn1c(CC)nc(-c2ccc(OC)cc2OC)c1N. The molecule has 0 unspecified atom stereocenters. The van der Waals surface area contributed by atoms with Gasteiger partial charge in [0.05, 0.1) is 20.8 Å². The topological polar surface area (TPSA) is 62.3 Å². The summed E-state index contributed by atoms with van der Waals surface area (Å²) in [6.07, 6.45) is 6.15. The number of benzene rings is 1. The van der Waals surface area contributed by atoms with Gasteiger partial charge in [-0.15, -0.1) is 6.42 Å². The third-order valence-corrected chi connectivity index (χ3v) is 3.32. The molecule has 5 nitrogen and oxygen atoms in total. The van der Waals surface area contributed by atoms with Crippen molar-refractivity contribution in [3.05, 3.63) is 24.0 Å². The van der Waals surface area contributed by atoms with Crippen LogP contribution in [0.3, 0.4) is 0 Å². The van der Waals surface area contributed by atoms with E-state index in [-0.39, 0.29) is 0 Å². The highest BCUT2D eigenvalue weighted by atomic mass is 16.5. The third-order valence-electron chi connectivity index (χ3n) is 3.32. The van der Waals surface area contributed by atoms with E-state index in [1.165, 1.54) is 0 Å². The van der Waals surface area contributed by atoms with E-state index < -0.39 is 0 Å². The molecule has 0 saturated carbocycles. The summed E-state index contributed by atoms with van der Waals surface area (Å²) in [4.78, 5) is 4.60. The van der Waals surface area contributed by atoms with Gasteiger partial charge in [-0.2, -0.15) is 0 Å². The molecule has 0 aliphatic rings. The first-order chi connectivity index (χ1) is 10.2. The van der Waals surface area contributed by atoms with Crippen LogP contribution in [0.15, 0.2) is 18.2 Å². The van der Waals surface area contributed by atoms with Crippen molar-refractivity contribution in [3.63, 3.8) is 0 Å². The zero-order valence-electron chi connectivity index (χ0n) is 12.5. The summed E-state index contributed by atoms with van der Waals surface area (Å²) < 4.78 is 12.5. The lowest BCUT2D eigenvalue weighted by Crippen LogP contribution is -2.05. The Morgan fingerprint density at radius 3 is 2.67 bits per heavy atom. The first kappa shape index (κ1) is 14.8. The monoisotopic (exact) mass is 285 g/mol. The van der Waals surface area contributed by atoms with Gasteiger partial charge in [-0.1, -0.05) is 12.8 Å². The molecule has 0 bridgehead atoms. The van der Waals surface area contributed by atoms with Crippen LogP contribution in [-0.2, 0) is 13.0 Å². The zero-order valence-corrected chi connectivity index (χ0v) is 12.5. The fourth-order valence-electron chi connectivity index (χ4n) is 2.24. The zero-order chi connectivity index (χ0) is 15.4. The molecule has 0 saturated heterocycles. The summed E-state index contributed by atoms with van der Waals surface area (Å²) in [5.74, 6) is 5.39. The van der Waals surface area contributed by atoms with Crippen molar-refractivity contribution >= 4 is 5.82 Å². The maximum atomic E-state index is 6.21. The van der Waals surface area contributed by atoms with E-state index in [1.807, 2.05) is 23.6 Å². The Bertz CT molecular complexity index is 684. The average Bonchev–Trinajstić information content (AvgIpc) is 2.83. The number of nitrogens with zero attached hydrogens (tertiary/aromatic N) is 2. The summed E-state index contributed by atoms with van der Waals surface area (Å²) in [5.41, 5.74) is 7.71. The molecule has 2 N–H and O–H groups in total. The van der Waals surface area contributed by atoms with E-state index in [0.717, 1.165) is 17.8 Å². The van der Waals surface area contributed by atoms with E-state index >= 15 is 0 Å². The molecule has 0 aliphatic heterocycles. The van der Waals surface area contributed by atoms with Crippen LogP contribution in [0.5, 0.6) is 11.5 Å². The fraction of sp³-hybridized carbons (Fsp3) is 0.312. The number of anilines is 1. The number of ether oxygens (including phenoxy) is 2. The molecule has 0 aliphatic carbocycles. The molecule has 21 heavy (non-hydrogen) atoms. The molecule has 2 rings (SSSR count). The van der Waals surface area contributed by atoms with Crippen molar-refractivity contribution in [1.29, 1.82) is 0 Å². The Hall–Kier alpha value is -2.61. The highest BCUT2D eigenvalue weighted by Crippen LogP contribution is 2.36. The van der Waals surface area contributed by atoms with Crippen LogP contribution in [0.2, 0.25) is 0 Å². The minimum Gasteiger partial charge on any atom is -0.497 e. The van der Waals surface area contributed by atoms with Crippen molar-refractivity contribution in [2.24, 2.45) is 0 Å². The Kier molecular flexibility index (Phi) is 4.39. The smallest absolute Gasteiger partial charge is 0.132 e. The van der Waals surface area contributed by atoms with Gasteiger partial charge >= 0.3 is 0 Å². The lowest BCUT2D eigenvalue weighted by molar-refractivity contribution is 0.395. The molecule has 2 aromatic rings. The molecule has 110 valence electrons. The molecule has 5 heteroatoms. The largest absolute Gasteiger partial charge is 0.497 e. The minimum atomic E-state index is 0.403. The molecule has 0 amide bonds. The summed E-state index contributed by atoms with van der Waals surface area (Å²) in [5, 5.41) is 0. The van der Waals surface area contributed by atoms with Crippen LogP contribution in [0.4, 0.5) is 5.82 Å². The number of hydrogen-bond acceptors (Lipinski definition) is 4. The van der Waals surface area contributed by atoms with Crippen LogP contribution in [0.1, 0.15) is 12.7 Å². The molecule has 1 aromatic carbocycles. The lowest BCUT2D eigenvalue weighted by atomic mass is 10.1. The number of hydrogen-bond donors (Lipinski definition) is 1. The van der Waals surface area contributed by atoms with E-state index in [0.29, 0.717) is 29.6 Å². The third kappa shape index (κ3) is 2.65. The lowest BCUT2D eigenvalue weighted by Gasteiger charge is -2.09. The van der Waals surface area contributed by atoms with Gasteiger partial charge in [0, 0.05) is 18.1 Å². The van der Waals surface area contributed by atoms with Crippen LogP contribution in [0.25, 0.3) is 11.3 Å². The molecule has 1 heterocycles. The molecule has 1 aromatic heterocycles. The number of nitrogen functional groups attached to an aromatic ring is 1. The van der Waals surface area contributed by atoms with Gasteiger partial charge in [-0.05, 0) is 12.1 Å². The number of methoxy groups -OCH3 is 2. The second-order valence-corrected chi connectivity index (χ2v) is 4.47. The Balaban J connectivity index is 2.59. The number of aromatic nitrogens is 2. The summed E-state index contributed by atoms with van der Waals surface area (Å²) in [6.45, 7) is 2.42. The van der Waals surface area contributed by atoms with Gasteiger partial charge in [0.2, 0.25) is 0 Å². The van der Waals surface area contributed by atoms with Crippen molar-refractivity contribution < 1.29 is 9.47 Å². The first-order valence-corrected chi connectivity index (χ1v) is 6.66. The normalized spacial score (nSPS) is 10.2. The number of terminal acetylenes is 1. The quantitative estimate of drug-likeness (QED) is 0.857. The minimum absolute atomic E-state index is 0.403. The predicted octanol–water partition coefficient (Wildman–Crippen LogP) is 2.35. The summed E-state index contributed by atoms with van der Waals surface area (Å²) >= 11 is 0. The van der Waals surface area contributed by atoms with E-state index in [9.17, 15) is 0 Å². The molecule has 0 radical (unpaired) electrons.